The smallest absolute Gasteiger partial charge is 0.417 e. The number of amides is 1. The minimum atomic E-state index is -2.52. The number of benzene rings is 2. The summed E-state index contributed by atoms with van der Waals surface area (Å²) in [4.78, 5) is 11.7. The van der Waals surface area contributed by atoms with Gasteiger partial charge in [-0.25, -0.2) is 9.00 Å². The number of carbonyl (C=O) groups excluding carboxylic acids is 1. The van der Waals surface area contributed by atoms with E-state index in [1.807, 2.05) is 6.07 Å². The first-order chi connectivity index (χ1) is 11.1. The third-order valence-corrected chi connectivity index (χ3v) is 3.05. The highest BCUT2D eigenvalue weighted by Gasteiger charge is 2.04. The molecule has 2 aromatic rings. The second-order valence-electron chi connectivity index (χ2n) is 4.42. The second-order valence-corrected chi connectivity index (χ2v) is 5.06. The lowest BCUT2D eigenvalue weighted by molar-refractivity contribution is 0.215. The molecule has 1 amide bonds. The molecule has 1 atom stereocenters. The Balaban J connectivity index is 1.78. The van der Waals surface area contributed by atoms with Crippen molar-refractivity contribution in [1.82, 2.24) is 5.32 Å². The Morgan fingerprint density at radius 3 is 2.43 bits per heavy atom. The van der Waals surface area contributed by atoms with E-state index in [1.165, 1.54) is 0 Å². The van der Waals surface area contributed by atoms with Crippen LogP contribution in [0.3, 0.4) is 0 Å². The number of nitrogens with one attached hydrogen (secondary N) is 2. The molecule has 0 fully saturated rings. The summed E-state index contributed by atoms with van der Waals surface area (Å²) in [5.41, 5.74) is 1.50. The predicted molar refractivity (Wildman–Crippen MR) is 84.2 cm³/mol. The van der Waals surface area contributed by atoms with Crippen LogP contribution in [0.4, 0.5) is 10.5 Å². The van der Waals surface area contributed by atoms with Crippen molar-refractivity contribution in [3.63, 3.8) is 0 Å². The van der Waals surface area contributed by atoms with Gasteiger partial charge in [-0.3, -0.25) is 14.8 Å². The van der Waals surface area contributed by atoms with Crippen molar-refractivity contribution in [3.8, 4) is 5.75 Å². The number of hydrogen-bond donors (Lipinski definition) is 2. The van der Waals surface area contributed by atoms with E-state index in [0.29, 0.717) is 18.0 Å². The first-order valence-corrected chi connectivity index (χ1v) is 7.69. The third kappa shape index (κ3) is 6.57. The Labute approximate surface area is 136 Å². The maximum atomic E-state index is 11.7. The van der Waals surface area contributed by atoms with Crippen LogP contribution in [-0.2, 0) is 22.1 Å². The van der Waals surface area contributed by atoms with E-state index in [-0.39, 0.29) is 6.73 Å². The summed E-state index contributed by atoms with van der Waals surface area (Å²) >= 11 is -2.52. The highest BCUT2D eigenvalue weighted by atomic mass is 32.2. The molecule has 0 aliphatic rings. The van der Waals surface area contributed by atoms with Crippen molar-refractivity contribution in [2.24, 2.45) is 0 Å². The van der Waals surface area contributed by atoms with Crippen LogP contribution < -0.4 is 15.4 Å². The number of ether oxygens (including phenoxy) is 1. The van der Waals surface area contributed by atoms with Gasteiger partial charge in [-0.1, -0.05) is 30.3 Å². The molecule has 0 saturated carbocycles. The molecule has 0 radical (unpaired) electrons. The Morgan fingerprint density at radius 2 is 1.78 bits per heavy atom. The number of hydrogen-bond acceptors (Lipinski definition) is 6. The summed E-state index contributed by atoms with van der Waals surface area (Å²) in [6.07, 6.45) is -0.576. The molecule has 0 aliphatic heterocycles. The first kappa shape index (κ1) is 17.1. The van der Waals surface area contributed by atoms with Crippen molar-refractivity contribution < 1.29 is 22.5 Å². The van der Waals surface area contributed by atoms with Crippen molar-refractivity contribution in [2.75, 3.05) is 12.0 Å². The van der Waals surface area contributed by atoms with Gasteiger partial charge in [0.15, 0.2) is 0 Å². The van der Waals surface area contributed by atoms with Gasteiger partial charge in [0, 0.05) is 12.2 Å². The molecule has 0 aromatic heterocycles. The highest BCUT2D eigenvalue weighted by Crippen LogP contribution is 2.12. The topological polar surface area (TPSA) is 99.7 Å². The number of anilines is 1. The molecule has 0 aliphatic carbocycles. The Hall–Kier alpha value is -2.26. The second kappa shape index (κ2) is 9.01. The minimum absolute atomic E-state index is 0.0977. The van der Waals surface area contributed by atoms with E-state index in [2.05, 4.69) is 14.8 Å². The average Bonchev–Trinajstić information content (AvgIpc) is 2.54. The molecule has 1 unspecified atom stereocenters. The zero-order valence-corrected chi connectivity index (χ0v) is 12.9. The van der Waals surface area contributed by atoms with Crippen LogP contribution in [0.25, 0.3) is 0 Å². The van der Waals surface area contributed by atoms with Gasteiger partial charge in [0.25, 0.3) is 0 Å². The quantitative estimate of drug-likeness (QED) is 0.457. The lowest BCUT2D eigenvalue weighted by atomic mass is 10.2. The molecule has 122 valence electrons. The number of para-hydroxylation sites is 1. The Kier molecular flexibility index (Phi) is 6.70. The fraction of sp³-hybridized carbons (Fsp3) is 0.133. The molecule has 2 aromatic carbocycles. The molecule has 0 heterocycles. The summed E-state index contributed by atoms with van der Waals surface area (Å²) in [7, 11) is 0. The first-order valence-electron chi connectivity index (χ1n) is 6.69. The van der Waals surface area contributed by atoms with E-state index in [9.17, 15) is 13.6 Å². The molecular formula is C15H15N2O5S-. The van der Waals surface area contributed by atoms with Gasteiger partial charge >= 0.3 is 6.09 Å². The molecule has 0 saturated heterocycles. The summed E-state index contributed by atoms with van der Waals surface area (Å²) in [5, 5.41) is 5.41. The summed E-state index contributed by atoms with van der Waals surface area (Å²) < 4.78 is 29.8. The Bertz CT molecular complexity index is 649. The summed E-state index contributed by atoms with van der Waals surface area (Å²) in [6.45, 7) is 0.339. The van der Waals surface area contributed by atoms with Crippen LogP contribution in [0.1, 0.15) is 5.56 Å². The van der Waals surface area contributed by atoms with Crippen molar-refractivity contribution in [2.45, 2.75) is 6.54 Å². The van der Waals surface area contributed by atoms with Gasteiger partial charge < -0.3 is 9.29 Å². The molecule has 23 heavy (non-hydrogen) atoms. The van der Waals surface area contributed by atoms with Gasteiger partial charge in [-0.2, -0.15) is 0 Å². The van der Waals surface area contributed by atoms with Gasteiger partial charge in [-0.05, 0) is 29.8 Å². The van der Waals surface area contributed by atoms with E-state index < -0.39 is 17.5 Å². The van der Waals surface area contributed by atoms with Crippen LogP contribution in [0.5, 0.6) is 5.75 Å². The van der Waals surface area contributed by atoms with Gasteiger partial charge in [0.05, 0.1) is 11.4 Å². The average molecular weight is 335 g/mol. The van der Waals surface area contributed by atoms with Crippen LogP contribution in [-0.4, -0.2) is 21.6 Å². The minimum Gasteiger partial charge on any atom is -0.750 e. The summed E-state index contributed by atoms with van der Waals surface area (Å²) in [6, 6.07) is 15.8. The molecule has 2 N–H and O–H groups in total. The lowest BCUT2D eigenvalue weighted by Crippen LogP contribution is -2.18. The van der Waals surface area contributed by atoms with E-state index in [1.54, 1.807) is 48.5 Å². The molecule has 0 bridgehead atoms. The Morgan fingerprint density at radius 1 is 1.09 bits per heavy atom. The predicted octanol–water partition coefficient (Wildman–Crippen LogP) is 2.16. The van der Waals surface area contributed by atoms with Crippen molar-refractivity contribution in [1.29, 1.82) is 0 Å². The largest absolute Gasteiger partial charge is 0.750 e. The lowest BCUT2D eigenvalue weighted by Gasteiger charge is -2.09. The molecule has 8 heteroatoms. The molecule has 2 rings (SSSR count). The number of carbonyl (C=O) groups is 1. The summed E-state index contributed by atoms with van der Waals surface area (Å²) in [5.74, 6) is 0.460. The van der Waals surface area contributed by atoms with Gasteiger partial charge in [0.2, 0.25) is 0 Å². The molecule has 0 spiro atoms. The maximum absolute atomic E-state index is 11.7. The molecule has 7 nitrogen and oxygen atoms in total. The van der Waals surface area contributed by atoms with Gasteiger partial charge in [0.1, 0.15) is 12.5 Å². The highest BCUT2D eigenvalue weighted by molar-refractivity contribution is 7.74. The fourth-order valence-corrected chi connectivity index (χ4v) is 1.91. The van der Waals surface area contributed by atoms with Crippen molar-refractivity contribution >= 4 is 23.1 Å². The van der Waals surface area contributed by atoms with E-state index in [0.717, 1.165) is 5.56 Å². The molecular weight excluding hydrogens is 320 g/mol. The maximum Gasteiger partial charge on any atom is 0.417 e. The zero-order valence-electron chi connectivity index (χ0n) is 12.1. The van der Waals surface area contributed by atoms with Crippen molar-refractivity contribution in [3.05, 3.63) is 60.2 Å². The van der Waals surface area contributed by atoms with Gasteiger partial charge in [-0.15, -0.1) is 0 Å². The van der Waals surface area contributed by atoms with Crippen LogP contribution in [0.2, 0.25) is 0 Å². The standard InChI is InChI=1S/C15H16N2O5S/c18-15(22-14-4-2-1-3-5-14)17-13-8-6-12(7-9-13)10-16-11-21-23(19)20/h1-9,16H,10-11H2,(H,17,18)(H,19,20)/p-1. The fourth-order valence-electron chi connectivity index (χ4n) is 1.73. The SMILES string of the molecule is O=C(Nc1ccc(CNCOS(=O)[O-])cc1)Oc1ccccc1. The zero-order chi connectivity index (χ0) is 16.5. The normalized spacial score (nSPS) is 11.7. The van der Waals surface area contributed by atoms with E-state index in [4.69, 9.17) is 4.74 Å². The van der Waals surface area contributed by atoms with Crippen LogP contribution in [0.15, 0.2) is 54.6 Å². The van der Waals surface area contributed by atoms with Crippen LogP contribution in [0, 0.1) is 0 Å². The van der Waals surface area contributed by atoms with Crippen LogP contribution >= 0.6 is 0 Å². The van der Waals surface area contributed by atoms with E-state index >= 15 is 0 Å². The monoisotopic (exact) mass is 335 g/mol. The third-order valence-electron chi connectivity index (χ3n) is 2.74. The number of rotatable bonds is 7.